The van der Waals surface area contributed by atoms with Gasteiger partial charge in [-0.25, -0.2) is 9.59 Å². The van der Waals surface area contributed by atoms with Crippen LogP contribution < -0.4 is 5.73 Å². The van der Waals surface area contributed by atoms with Crippen molar-refractivity contribution >= 4 is 12.1 Å². The molecule has 1 atom stereocenters. The molecule has 0 aliphatic rings. The highest BCUT2D eigenvalue weighted by Crippen LogP contribution is 2.18. The molecule has 1 amide bonds. The SMILES string of the molecule is CC(C)N(C(=O)OC(C)(C)C)[C@@H](CCCCN)C(=O)O. The van der Waals surface area contributed by atoms with E-state index in [9.17, 15) is 14.7 Å². The van der Waals surface area contributed by atoms with Gasteiger partial charge in [0.05, 0.1) is 0 Å². The summed E-state index contributed by atoms with van der Waals surface area (Å²) in [6.07, 6.45) is 1.20. The van der Waals surface area contributed by atoms with E-state index in [0.717, 1.165) is 6.42 Å². The highest BCUT2D eigenvalue weighted by molar-refractivity contribution is 5.80. The number of carbonyl (C=O) groups excluding carboxylic acids is 1. The molecule has 3 N–H and O–H groups in total. The Labute approximate surface area is 121 Å². The monoisotopic (exact) mass is 288 g/mol. The Morgan fingerprint density at radius 1 is 1.25 bits per heavy atom. The molecule has 6 nitrogen and oxygen atoms in total. The molecule has 118 valence electrons. The van der Waals surface area contributed by atoms with Gasteiger partial charge < -0.3 is 15.6 Å². The highest BCUT2D eigenvalue weighted by atomic mass is 16.6. The first-order chi connectivity index (χ1) is 9.10. The third-order valence-electron chi connectivity index (χ3n) is 2.71. The van der Waals surface area contributed by atoms with Crippen molar-refractivity contribution in [2.45, 2.75) is 71.6 Å². The van der Waals surface area contributed by atoms with Crippen LogP contribution in [0.1, 0.15) is 53.9 Å². The van der Waals surface area contributed by atoms with Crippen LogP contribution in [0.25, 0.3) is 0 Å². The summed E-state index contributed by atoms with van der Waals surface area (Å²) in [5.74, 6) is -1.01. The van der Waals surface area contributed by atoms with Crippen molar-refractivity contribution in [3.63, 3.8) is 0 Å². The van der Waals surface area contributed by atoms with Crippen molar-refractivity contribution in [3.05, 3.63) is 0 Å². The molecule has 0 fully saturated rings. The Bertz CT molecular complexity index is 324. The molecule has 0 aromatic carbocycles. The fraction of sp³-hybridized carbons (Fsp3) is 0.857. The molecule has 0 unspecified atom stereocenters. The summed E-state index contributed by atoms with van der Waals surface area (Å²) in [6, 6.07) is -1.12. The van der Waals surface area contributed by atoms with Crippen LogP contribution in [0.3, 0.4) is 0 Å². The van der Waals surface area contributed by atoms with Crippen LogP contribution in [-0.4, -0.2) is 46.3 Å². The van der Waals surface area contributed by atoms with Crippen molar-refractivity contribution < 1.29 is 19.4 Å². The van der Waals surface area contributed by atoms with E-state index in [0.29, 0.717) is 19.4 Å². The molecule has 0 rings (SSSR count). The van der Waals surface area contributed by atoms with Crippen molar-refractivity contribution in [3.8, 4) is 0 Å². The third kappa shape index (κ3) is 6.75. The number of carboxylic acids is 1. The summed E-state index contributed by atoms with van der Waals surface area (Å²) < 4.78 is 5.30. The Kier molecular flexibility index (Phi) is 7.57. The van der Waals surface area contributed by atoms with Gasteiger partial charge in [-0.15, -0.1) is 0 Å². The van der Waals surface area contributed by atoms with E-state index in [1.807, 2.05) is 0 Å². The maximum atomic E-state index is 12.2. The lowest BCUT2D eigenvalue weighted by Crippen LogP contribution is -2.50. The maximum absolute atomic E-state index is 12.2. The average Bonchev–Trinajstić information content (AvgIpc) is 2.24. The van der Waals surface area contributed by atoms with Gasteiger partial charge in [0.2, 0.25) is 0 Å². The first-order valence-electron chi connectivity index (χ1n) is 7.04. The zero-order chi connectivity index (χ0) is 15.9. The lowest BCUT2D eigenvalue weighted by atomic mass is 10.1. The molecule has 6 heteroatoms. The maximum Gasteiger partial charge on any atom is 0.411 e. The molecule has 0 saturated heterocycles. The lowest BCUT2D eigenvalue weighted by molar-refractivity contribution is -0.144. The topological polar surface area (TPSA) is 92.9 Å². The molecule has 0 heterocycles. The van der Waals surface area contributed by atoms with Crippen LogP contribution in [0, 0.1) is 0 Å². The Morgan fingerprint density at radius 3 is 2.15 bits per heavy atom. The van der Waals surface area contributed by atoms with Crippen molar-refractivity contribution in [1.29, 1.82) is 0 Å². The predicted molar refractivity (Wildman–Crippen MR) is 77.5 cm³/mol. The third-order valence-corrected chi connectivity index (χ3v) is 2.71. The second-order valence-electron chi connectivity index (χ2n) is 6.12. The highest BCUT2D eigenvalue weighted by Gasteiger charge is 2.34. The second-order valence-corrected chi connectivity index (χ2v) is 6.12. The van der Waals surface area contributed by atoms with Gasteiger partial charge in [-0.2, -0.15) is 0 Å². The second kappa shape index (κ2) is 8.09. The minimum atomic E-state index is -1.01. The molecule has 0 aliphatic carbocycles. The predicted octanol–water partition coefficient (Wildman–Crippen LogP) is 2.21. The molecule has 20 heavy (non-hydrogen) atoms. The van der Waals surface area contributed by atoms with E-state index in [4.69, 9.17) is 10.5 Å². The first kappa shape index (κ1) is 18.7. The van der Waals surface area contributed by atoms with E-state index in [1.54, 1.807) is 34.6 Å². The molecule has 0 saturated carbocycles. The molecule has 0 aliphatic heterocycles. The first-order valence-corrected chi connectivity index (χ1v) is 7.04. The number of hydrogen-bond donors (Lipinski definition) is 2. The fourth-order valence-electron chi connectivity index (χ4n) is 1.88. The van der Waals surface area contributed by atoms with Crippen LogP contribution >= 0.6 is 0 Å². The van der Waals surface area contributed by atoms with Gasteiger partial charge in [-0.05, 0) is 60.4 Å². The van der Waals surface area contributed by atoms with Gasteiger partial charge in [0.15, 0.2) is 0 Å². The number of carbonyl (C=O) groups is 2. The number of ether oxygens (including phenoxy) is 1. The van der Waals surface area contributed by atoms with Crippen LogP contribution in [0.4, 0.5) is 4.79 Å². The van der Waals surface area contributed by atoms with Gasteiger partial charge >= 0.3 is 12.1 Å². The van der Waals surface area contributed by atoms with Crippen LogP contribution in [-0.2, 0) is 9.53 Å². The summed E-state index contributed by atoms with van der Waals surface area (Å²) >= 11 is 0. The Balaban J connectivity index is 4.99. The number of rotatable bonds is 7. The Morgan fingerprint density at radius 2 is 1.80 bits per heavy atom. The van der Waals surface area contributed by atoms with Gasteiger partial charge in [-0.1, -0.05) is 0 Å². The van der Waals surface area contributed by atoms with Crippen LogP contribution in [0.15, 0.2) is 0 Å². The van der Waals surface area contributed by atoms with Gasteiger partial charge in [-0.3, -0.25) is 4.90 Å². The van der Waals surface area contributed by atoms with Gasteiger partial charge in [0, 0.05) is 6.04 Å². The summed E-state index contributed by atoms with van der Waals surface area (Å²) in [5.41, 5.74) is 4.77. The van der Waals surface area contributed by atoms with Crippen LogP contribution in [0.2, 0.25) is 0 Å². The number of nitrogens with zero attached hydrogens (tertiary/aromatic N) is 1. The standard InChI is InChI=1S/C14H28N2O4/c1-10(2)16(13(19)20-14(3,4)5)11(12(17)18)8-6-7-9-15/h10-11H,6-9,15H2,1-5H3,(H,17,18)/t11-/m0/s1. The van der Waals surface area contributed by atoms with E-state index in [2.05, 4.69) is 0 Å². The minimum absolute atomic E-state index is 0.246. The van der Waals surface area contributed by atoms with Crippen molar-refractivity contribution in [2.24, 2.45) is 5.73 Å². The zero-order valence-electron chi connectivity index (χ0n) is 13.2. The molecule has 0 aromatic heterocycles. The number of unbranched alkanes of at least 4 members (excludes halogenated alkanes) is 1. The number of nitrogens with two attached hydrogens (primary N) is 1. The average molecular weight is 288 g/mol. The van der Waals surface area contributed by atoms with Gasteiger partial charge in [0.1, 0.15) is 11.6 Å². The van der Waals surface area contributed by atoms with E-state index >= 15 is 0 Å². The van der Waals surface area contributed by atoms with E-state index in [-0.39, 0.29) is 6.04 Å². The van der Waals surface area contributed by atoms with Crippen molar-refractivity contribution in [2.75, 3.05) is 6.54 Å². The van der Waals surface area contributed by atoms with Gasteiger partial charge in [0.25, 0.3) is 0 Å². The molecular formula is C14H28N2O4. The number of hydrogen-bond acceptors (Lipinski definition) is 4. The summed E-state index contributed by atoms with van der Waals surface area (Å²) in [7, 11) is 0. The number of aliphatic carboxylic acids is 1. The smallest absolute Gasteiger partial charge is 0.411 e. The summed E-state index contributed by atoms with van der Waals surface area (Å²) in [6.45, 7) is 9.35. The normalized spacial score (nSPS) is 13.2. The fourth-order valence-corrected chi connectivity index (χ4v) is 1.88. The van der Waals surface area contributed by atoms with Crippen molar-refractivity contribution in [1.82, 2.24) is 4.90 Å². The molecule has 0 radical (unpaired) electrons. The minimum Gasteiger partial charge on any atom is -0.480 e. The lowest BCUT2D eigenvalue weighted by Gasteiger charge is -2.34. The summed E-state index contributed by atoms with van der Waals surface area (Å²) in [5, 5.41) is 9.36. The molecule has 0 aromatic rings. The van der Waals surface area contributed by atoms with Crippen LogP contribution in [0.5, 0.6) is 0 Å². The summed E-state index contributed by atoms with van der Waals surface area (Å²) in [4.78, 5) is 24.9. The Hall–Kier alpha value is -1.30. The number of amides is 1. The molecule has 0 bridgehead atoms. The molecular weight excluding hydrogens is 260 g/mol. The van der Waals surface area contributed by atoms with E-state index < -0.39 is 23.7 Å². The van der Waals surface area contributed by atoms with E-state index in [1.165, 1.54) is 4.90 Å². The number of carboxylic acid groups (broad SMARTS) is 1. The largest absolute Gasteiger partial charge is 0.480 e. The quantitative estimate of drug-likeness (QED) is 0.701. The molecule has 0 spiro atoms. The zero-order valence-corrected chi connectivity index (χ0v) is 13.2.